The van der Waals surface area contributed by atoms with Gasteiger partial charge in [0.2, 0.25) is 0 Å². The SMILES string of the molecule is C[C@H](O)[C@H]1C[C@@H](C2CC2)[C@H]2C3CC[C@@H]4C[C@](C)(O)CC[C@@H]4[C@H]3CC[C@]12C. The molecule has 0 aromatic carbocycles. The minimum Gasteiger partial charge on any atom is -0.393 e. The van der Waals surface area contributed by atoms with Crippen molar-refractivity contribution in [3.63, 3.8) is 0 Å². The Labute approximate surface area is 160 Å². The molecule has 10 atom stereocenters. The van der Waals surface area contributed by atoms with Gasteiger partial charge in [0.25, 0.3) is 0 Å². The summed E-state index contributed by atoms with van der Waals surface area (Å²) in [6.07, 6.45) is 12.9. The normalized spacial score (nSPS) is 57.8. The van der Waals surface area contributed by atoms with Crippen LogP contribution < -0.4 is 0 Å². The monoisotopic (exact) mass is 360 g/mol. The molecule has 5 aliphatic rings. The first kappa shape index (κ1) is 18.0. The van der Waals surface area contributed by atoms with Crippen LogP contribution in [0.25, 0.3) is 0 Å². The second-order valence-corrected chi connectivity index (χ2v) is 11.7. The first-order valence-corrected chi connectivity index (χ1v) is 11.7. The van der Waals surface area contributed by atoms with Crippen LogP contribution in [0.1, 0.15) is 85.0 Å². The maximum atomic E-state index is 10.6. The van der Waals surface area contributed by atoms with Crippen LogP contribution in [0.5, 0.6) is 0 Å². The van der Waals surface area contributed by atoms with Crippen LogP contribution in [0.15, 0.2) is 0 Å². The van der Waals surface area contributed by atoms with Crippen LogP contribution in [0, 0.1) is 52.8 Å². The molecule has 2 N–H and O–H groups in total. The van der Waals surface area contributed by atoms with Crippen molar-refractivity contribution in [2.24, 2.45) is 52.8 Å². The zero-order valence-corrected chi connectivity index (χ0v) is 17.2. The highest BCUT2D eigenvalue weighted by molar-refractivity contribution is 5.12. The Morgan fingerprint density at radius 2 is 1.50 bits per heavy atom. The lowest BCUT2D eigenvalue weighted by atomic mass is 9.48. The van der Waals surface area contributed by atoms with E-state index >= 15 is 0 Å². The average Bonchev–Trinajstić information content (AvgIpc) is 3.35. The Hall–Kier alpha value is -0.0800. The molecular weight excluding hydrogens is 320 g/mol. The molecule has 2 heteroatoms. The highest BCUT2D eigenvalue weighted by atomic mass is 16.3. The molecule has 2 nitrogen and oxygen atoms in total. The van der Waals surface area contributed by atoms with E-state index in [9.17, 15) is 10.2 Å². The van der Waals surface area contributed by atoms with Gasteiger partial charge in [0.15, 0.2) is 0 Å². The van der Waals surface area contributed by atoms with Gasteiger partial charge >= 0.3 is 0 Å². The third-order valence-corrected chi connectivity index (χ3v) is 10.2. The van der Waals surface area contributed by atoms with Gasteiger partial charge in [0, 0.05) is 0 Å². The van der Waals surface area contributed by atoms with E-state index in [4.69, 9.17) is 0 Å². The summed E-state index contributed by atoms with van der Waals surface area (Å²) >= 11 is 0. The molecule has 0 amide bonds. The van der Waals surface area contributed by atoms with Crippen LogP contribution in [-0.2, 0) is 0 Å². The van der Waals surface area contributed by atoms with E-state index in [1.165, 1.54) is 51.4 Å². The predicted octanol–water partition coefficient (Wildman–Crippen LogP) is 5.02. The lowest BCUT2D eigenvalue weighted by Crippen LogP contribution is -2.52. The molecule has 5 rings (SSSR count). The van der Waals surface area contributed by atoms with Crippen LogP contribution in [0.2, 0.25) is 0 Å². The molecule has 26 heavy (non-hydrogen) atoms. The fourth-order valence-electron chi connectivity index (χ4n) is 9.06. The zero-order chi connectivity index (χ0) is 18.3. The minimum atomic E-state index is -0.404. The maximum absolute atomic E-state index is 10.6. The van der Waals surface area contributed by atoms with Gasteiger partial charge in [-0.1, -0.05) is 6.92 Å². The van der Waals surface area contributed by atoms with E-state index in [1.54, 1.807) is 0 Å². The Morgan fingerprint density at radius 3 is 2.19 bits per heavy atom. The number of aliphatic hydroxyl groups excluding tert-OH is 1. The van der Waals surface area contributed by atoms with E-state index < -0.39 is 5.60 Å². The Morgan fingerprint density at radius 1 is 0.808 bits per heavy atom. The van der Waals surface area contributed by atoms with Gasteiger partial charge in [-0.05, 0) is 131 Å². The van der Waals surface area contributed by atoms with Gasteiger partial charge in [-0.25, -0.2) is 0 Å². The van der Waals surface area contributed by atoms with E-state index in [-0.39, 0.29) is 6.10 Å². The highest BCUT2D eigenvalue weighted by Gasteiger charge is 2.63. The van der Waals surface area contributed by atoms with Crippen LogP contribution in [0.3, 0.4) is 0 Å². The van der Waals surface area contributed by atoms with Crippen molar-refractivity contribution < 1.29 is 10.2 Å². The first-order valence-electron chi connectivity index (χ1n) is 11.7. The molecule has 0 saturated heterocycles. The smallest absolute Gasteiger partial charge is 0.0622 e. The molecule has 5 aliphatic carbocycles. The predicted molar refractivity (Wildman–Crippen MR) is 105 cm³/mol. The number of hydrogen-bond acceptors (Lipinski definition) is 2. The van der Waals surface area contributed by atoms with Crippen LogP contribution in [0.4, 0.5) is 0 Å². The van der Waals surface area contributed by atoms with Gasteiger partial charge < -0.3 is 10.2 Å². The summed E-state index contributed by atoms with van der Waals surface area (Å²) in [5, 5.41) is 21.2. The molecule has 0 bridgehead atoms. The van der Waals surface area contributed by atoms with Crippen molar-refractivity contribution >= 4 is 0 Å². The molecule has 0 heterocycles. The lowest BCUT2D eigenvalue weighted by Gasteiger charge is -2.58. The third-order valence-electron chi connectivity index (χ3n) is 10.2. The van der Waals surface area contributed by atoms with Crippen molar-refractivity contribution in [3.8, 4) is 0 Å². The summed E-state index contributed by atoms with van der Waals surface area (Å²) in [6.45, 7) is 6.69. The van der Waals surface area contributed by atoms with Crippen molar-refractivity contribution in [3.05, 3.63) is 0 Å². The summed E-state index contributed by atoms with van der Waals surface area (Å²) in [5.74, 6) is 6.76. The van der Waals surface area contributed by atoms with Gasteiger partial charge in [-0.2, -0.15) is 0 Å². The molecule has 1 unspecified atom stereocenters. The quantitative estimate of drug-likeness (QED) is 0.725. The average molecular weight is 361 g/mol. The standard InChI is InChI=1S/C24H40O2/c1-14(25)21-12-20(15-4-5-15)22-19-7-6-16-13-23(2,26)10-8-17(16)18(19)9-11-24(21,22)3/h14-22,25-26H,4-13H2,1-3H3/t14-,16+,17-,18+,19?,20-,21+,22+,23+,24+/m0/s1. The molecule has 0 aromatic heterocycles. The van der Waals surface area contributed by atoms with Gasteiger partial charge in [0.05, 0.1) is 11.7 Å². The third kappa shape index (κ3) is 2.65. The Bertz CT molecular complexity index is 550. The Kier molecular flexibility index (Phi) is 4.12. The highest BCUT2D eigenvalue weighted by Crippen LogP contribution is 2.69. The largest absolute Gasteiger partial charge is 0.393 e. The molecule has 0 aliphatic heterocycles. The van der Waals surface area contributed by atoms with Crippen molar-refractivity contribution in [1.29, 1.82) is 0 Å². The summed E-state index contributed by atoms with van der Waals surface area (Å²) in [7, 11) is 0. The van der Waals surface area contributed by atoms with Crippen LogP contribution >= 0.6 is 0 Å². The van der Waals surface area contributed by atoms with Gasteiger partial charge in [-0.15, -0.1) is 0 Å². The summed E-state index contributed by atoms with van der Waals surface area (Å²) in [4.78, 5) is 0. The van der Waals surface area contributed by atoms with Crippen molar-refractivity contribution in [2.75, 3.05) is 0 Å². The van der Waals surface area contributed by atoms with Crippen LogP contribution in [-0.4, -0.2) is 21.9 Å². The molecular formula is C24H40O2. The number of aliphatic hydroxyl groups is 2. The zero-order valence-electron chi connectivity index (χ0n) is 17.2. The number of rotatable bonds is 2. The summed E-state index contributed by atoms with van der Waals surface area (Å²) in [5.41, 5.74) is -0.0197. The molecule has 0 radical (unpaired) electrons. The molecule has 0 aromatic rings. The van der Waals surface area contributed by atoms with E-state index in [0.717, 1.165) is 54.3 Å². The molecule has 5 saturated carbocycles. The van der Waals surface area contributed by atoms with E-state index in [0.29, 0.717) is 11.3 Å². The van der Waals surface area contributed by atoms with E-state index in [2.05, 4.69) is 20.8 Å². The topological polar surface area (TPSA) is 40.5 Å². The minimum absolute atomic E-state index is 0.135. The number of hydrogen-bond donors (Lipinski definition) is 2. The fourth-order valence-corrected chi connectivity index (χ4v) is 9.06. The second kappa shape index (κ2) is 5.96. The second-order valence-electron chi connectivity index (χ2n) is 11.7. The maximum Gasteiger partial charge on any atom is 0.0622 e. The van der Waals surface area contributed by atoms with Gasteiger partial charge in [-0.3, -0.25) is 0 Å². The van der Waals surface area contributed by atoms with Gasteiger partial charge in [0.1, 0.15) is 0 Å². The molecule has 0 spiro atoms. The number of fused-ring (bicyclic) bond motifs is 5. The summed E-state index contributed by atoms with van der Waals surface area (Å²) < 4.78 is 0. The molecule has 5 fully saturated rings. The summed E-state index contributed by atoms with van der Waals surface area (Å²) in [6, 6.07) is 0. The van der Waals surface area contributed by atoms with Crippen molar-refractivity contribution in [1.82, 2.24) is 0 Å². The van der Waals surface area contributed by atoms with Crippen molar-refractivity contribution in [2.45, 2.75) is 96.7 Å². The molecule has 148 valence electrons. The first-order chi connectivity index (χ1) is 12.3. The fraction of sp³-hybridized carbons (Fsp3) is 1.00. The van der Waals surface area contributed by atoms with E-state index in [1.807, 2.05) is 0 Å². The Balaban J connectivity index is 1.43. The lowest BCUT2D eigenvalue weighted by molar-refractivity contribution is -0.113.